The molecule has 158 valence electrons. The first-order chi connectivity index (χ1) is 15.0. The fourth-order valence-electron chi connectivity index (χ4n) is 4.86. The molecule has 3 heterocycles. The Hall–Kier alpha value is -3.48. The second-order valence-corrected chi connectivity index (χ2v) is 8.78. The molecular weight excluding hydrogens is 394 g/mol. The summed E-state index contributed by atoms with van der Waals surface area (Å²) < 4.78 is 5.98. The van der Waals surface area contributed by atoms with Crippen LogP contribution in [0.3, 0.4) is 0 Å². The number of fused-ring (bicyclic) bond motifs is 4. The molecule has 7 nitrogen and oxygen atoms in total. The van der Waals surface area contributed by atoms with Crippen molar-refractivity contribution in [2.45, 2.75) is 31.3 Å². The van der Waals surface area contributed by atoms with E-state index in [1.165, 1.54) is 24.8 Å². The molecule has 1 saturated carbocycles. The smallest absolute Gasteiger partial charge is 0.328 e. The summed E-state index contributed by atoms with van der Waals surface area (Å²) in [7, 11) is 1.53. The number of carbonyl (C=O) groups excluding carboxylic acids is 2. The van der Waals surface area contributed by atoms with Crippen molar-refractivity contribution in [1.82, 2.24) is 14.8 Å². The first kappa shape index (κ1) is 18.3. The molecule has 2 unspecified atom stereocenters. The SMILES string of the molecule is CN1C(=O)C2Cc3c([nH]c4ccc(OCC5CC5)cc34)C(c3cccc(O)c3)N2C1=O. The topological polar surface area (TPSA) is 85.9 Å². The quantitative estimate of drug-likeness (QED) is 0.636. The molecule has 6 rings (SSSR count). The minimum atomic E-state index is -0.563. The lowest BCUT2D eigenvalue weighted by atomic mass is 9.89. The van der Waals surface area contributed by atoms with Gasteiger partial charge in [0.2, 0.25) is 0 Å². The second kappa shape index (κ2) is 6.51. The Kier molecular flexibility index (Phi) is 3.84. The summed E-state index contributed by atoms with van der Waals surface area (Å²) in [5.74, 6) is 1.41. The molecule has 1 aliphatic carbocycles. The molecule has 3 amide bonds. The zero-order chi connectivity index (χ0) is 21.3. The van der Waals surface area contributed by atoms with Gasteiger partial charge in [0.15, 0.2) is 0 Å². The lowest BCUT2D eigenvalue weighted by Crippen LogP contribution is -2.44. The Bertz CT molecular complexity index is 1230. The highest BCUT2D eigenvalue weighted by Gasteiger charge is 2.51. The number of carbonyl (C=O) groups is 2. The van der Waals surface area contributed by atoms with E-state index in [1.807, 2.05) is 24.3 Å². The first-order valence-electron chi connectivity index (χ1n) is 10.7. The fraction of sp³-hybridized carbons (Fsp3) is 0.333. The number of benzene rings is 2. The number of hydrogen-bond acceptors (Lipinski definition) is 4. The van der Waals surface area contributed by atoms with Gasteiger partial charge in [-0.25, -0.2) is 4.79 Å². The van der Waals surface area contributed by atoms with Gasteiger partial charge in [-0.05, 0) is 60.2 Å². The van der Waals surface area contributed by atoms with E-state index in [0.717, 1.165) is 40.1 Å². The summed E-state index contributed by atoms with van der Waals surface area (Å²) in [4.78, 5) is 32.2. The average molecular weight is 417 g/mol. The molecule has 2 N–H and O–H groups in total. The van der Waals surface area contributed by atoms with Crippen molar-refractivity contribution in [3.8, 4) is 11.5 Å². The van der Waals surface area contributed by atoms with E-state index < -0.39 is 12.1 Å². The zero-order valence-electron chi connectivity index (χ0n) is 17.2. The number of hydrogen-bond donors (Lipinski definition) is 2. The van der Waals surface area contributed by atoms with E-state index in [9.17, 15) is 14.7 Å². The number of phenolic OH excluding ortho intramolecular Hbond substituents is 1. The van der Waals surface area contributed by atoms with Crippen LogP contribution in [0, 0.1) is 5.92 Å². The summed E-state index contributed by atoms with van der Waals surface area (Å²) in [6.45, 7) is 0.734. The van der Waals surface area contributed by atoms with E-state index in [-0.39, 0.29) is 17.7 Å². The number of aromatic nitrogens is 1. The molecular formula is C24H23N3O4. The van der Waals surface area contributed by atoms with E-state index >= 15 is 0 Å². The van der Waals surface area contributed by atoms with Crippen LogP contribution >= 0.6 is 0 Å². The number of nitrogens with zero attached hydrogens (tertiary/aromatic N) is 2. The van der Waals surface area contributed by atoms with Gasteiger partial charge in [0.05, 0.1) is 6.61 Å². The molecule has 3 aromatic rings. The van der Waals surface area contributed by atoms with Crippen LogP contribution in [0.25, 0.3) is 10.9 Å². The average Bonchev–Trinajstić information content (AvgIpc) is 3.50. The highest BCUT2D eigenvalue weighted by molar-refractivity contribution is 6.05. The van der Waals surface area contributed by atoms with Crippen LogP contribution in [-0.4, -0.2) is 51.5 Å². The van der Waals surface area contributed by atoms with Crippen LogP contribution in [0.2, 0.25) is 0 Å². The third kappa shape index (κ3) is 2.80. The summed E-state index contributed by atoms with van der Waals surface area (Å²) in [6.07, 6.45) is 2.91. The monoisotopic (exact) mass is 417 g/mol. The molecule has 0 radical (unpaired) electrons. The molecule has 31 heavy (non-hydrogen) atoms. The Balaban J connectivity index is 1.50. The van der Waals surface area contributed by atoms with Crippen LogP contribution in [0.5, 0.6) is 11.5 Å². The van der Waals surface area contributed by atoms with Gasteiger partial charge in [-0.2, -0.15) is 0 Å². The minimum Gasteiger partial charge on any atom is -0.508 e. The van der Waals surface area contributed by atoms with E-state index in [2.05, 4.69) is 4.98 Å². The predicted octanol–water partition coefficient (Wildman–Crippen LogP) is 3.57. The number of aromatic hydroxyl groups is 1. The van der Waals surface area contributed by atoms with E-state index in [1.54, 1.807) is 23.1 Å². The number of ether oxygens (including phenoxy) is 1. The van der Waals surface area contributed by atoms with Crippen LogP contribution in [-0.2, 0) is 11.2 Å². The number of amides is 3. The van der Waals surface area contributed by atoms with Gasteiger partial charge >= 0.3 is 6.03 Å². The van der Waals surface area contributed by atoms with Gasteiger partial charge in [-0.1, -0.05) is 12.1 Å². The van der Waals surface area contributed by atoms with Gasteiger partial charge in [-0.3, -0.25) is 14.6 Å². The van der Waals surface area contributed by atoms with Crippen molar-refractivity contribution >= 4 is 22.8 Å². The van der Waals surface area contributed by atoms with Crippen molar-refractivity contribution in [3.05, 3.63) is 59.3 Å². The molecule has 1 saturated heterocycles. The number of imide groups is 1. The Morgan fingerprint density at radius 1 is 1.16 bits per heavy atom. The number of rotatable bonds is 4. The molecule has 0 spiro atoms. The molecule has 2 aliphatic heterocycles. The largest absolute Gasteiger partial charge is 0.508 e. The Labute approximate surface area is 179 Å². The molecule has 0 bridgehead atoms. The molecule has 3 aliphatic rings. The van der Waals surface area contributed by atoms with Gasteiger partial charge in [0, 0.05) is 30.1 Å². The molecule has 7 heteroatoms. The van der Waals surface area contributed by atoms with Gasteiger partial charge in [0.1, 0.15) is 23.6 Å². The highest BCUT2D eigenvalue weighted by atomic mass is 16.5. The number of urea groups is 1. The van der Waals surface area contributed by atoms with E-state index in [0.29, 0.717) is 12.3 Å². The summed E-state index contributed by atoms with van der Waals surface area (Å²) in [6, 6.07) is 11.5. The summed E-state index contributed by atoms with van der Waals surface area (Å²) in [5, 5.41) is 11.1. The van der Waals surface area contributed by atoms with Crippen molar-refractivity contribution in [2.75, 3.05) is 13.7 Å². The second-order valence-electron chi connectivity index (χ2n) is 8.78. The number of likely N-dealkylation sites (N-methyl/N-ethyl adjacent to an activating group) is 1. The maximum Gasteiger partial charge on any atom is 0.328 e. The van der Waals surface area contributed by atoms with Gasteiger partial charge in [0.25, 0.3) is 5.91 Å². The predicted molar refractivity (Wildman–Crippen MR) is 114 cm³/mol. The number of nitrogens with one attached hydrogen (secondary N) is 1. The standard InChI is InChI=1S/C24H23N3O4/c1-26-23(29)20-11-18-17-10-16(31-12-13-5-6-13)7-8-19(17)25-21(18)22(27(20)24(26)30)14-3-2-4-15(28)9-14/h2-4,7-10,13,20,22,25,28H,5-6,11-12H2,1H3. The van der Waals surface area contributed by atoms with Crippen LogP contribution in [0.1, 0.15) is 35.7 Å². The maximum atomic E-state index is 13.0. The molecule has 2 aromatic carbocycles. The van der Waals surface area contributed by atoms with Crippen LogP contribution in [0.4, 0.5) is 4.79 Å². The number of aromatic amines is 1. The Morgan fingerprint density at radius 2 is 2.00 bits per heavy atom. The first-order valence-corrected chi connectivity index (χ1v) is 10.7. The van der Waals surface area contributed by atoms with Gasteiger partial charge < -0.3 is 14.8 Å². The normalized spacial score (nSPS) is 22.7. The lowest BCUT2D eigenvalue weighted by molar-refractivity contribution is -0.127. The highest BCUT2D eigenvalue weighted by Crippen LogP contribution is 2.44. The maximum absolute atomic E-state index is 13.0. The lowest BCUT2D eigenvalue weighted by Gasteiger charge is -2.36. The summed E-state index contributed by atoms with van der Waals surface area (Å²) >= 11 is 0. The third-order valence-corrected chi connectivity index (χ3v) is 6.69. The van der Waals surface area contributed by atoms with Crippen molar-refractivity contribution < 1.29 is 19.4 Å². The van der Waals surface area contributed by atoms with Gasteiger partial charge in [-0.15, -0.1) is 0 Å². The Morgan fingerprint density at radius 3 is 2.77 bits per heavy atom. The molecule has 2 atom stereocenters. The third-order valence-electron chi connectivity index (χ3n) is 6.69. The van der Waals surface area contributed by atoms with Crippen LogP contribution < -0.4 is 4.74 Å². The molecule has 1 aromatic heterocycles. The minimum absolute atomic E-state index is 0.124. The van der Waals surface area contributed by atoms with Crippen molar-refractivity contribution in [3.63, 3.8) is 0 Å². The van der Waals surface area contributed by atoms with Crippen molar-refractivity contribution in [1.29, 1.82) is 0 Å². The van der Waals surface area contributed by atoms with Crippen molar-refractivity contribution in [2.24, 2.45) is 5.92 Å². The number of phenols is 1. The summed E-state index contributed by atoms with van der Waals surface area (Å²) in [5.41, 5.74) is 3.62. The zero-order valence-corrected chi connectivity index (χ0v) is 17.2. The van der Waals surface area contributed by atoms with E-state index in [4.69, 9.17) is 4.74 Å². The molecule has 2 fully saturated rings. The number of H-pyrrole nitrogens is 1. The van der Waals surface area contributed by atoms with Crippen LogP contribution in [0.15, 0.2) is 42.5 Å². The fourth-order valence-corrected chi connectivity index (χ4v) is 4.86.